The average molecular weight is 386 g/mol. The third-order valence-corrected chi connectivity index (χ3v) is 5.34. The number of rotatable bonds is 5. The molecule has 1 atom stereocenters. The third kappa shape index (κ3) is 3.97. The van der Waals surface area contributed by atoms with Gasteiger partial charge in [0.15, 0.2) is 5.78 Å². The number of ketones is 1. The van der Waals surface area contributed by atoms with Gasteiger partial charge in [0.05, 0.1) is 11.4 Å². The highest BCUT2D eigenvalue weighted by atomic mass is 16.1. The van der Waals surface area contributed by atoms with Gasteiger partial charge in [-0.25, -0.2) is 0 Å². The second-order valence-corrected chi connectivity index (χ2v) is 7.65. The molecule has 1 heterocycles. The number of amides is 1. The van der Waals surface area contributed by atoms with Crippen LogP contribution < -0.4 is 5.73 Å². The molecule has 1 amide bonds. The molecule has 0 aliphatic rings. The predicted molar refractivity (Wildman–Crippen MR) is 116 cm³/mol. The maximum Gasteiger partial charge on any atom is 0.231 e. The minimum Gasteiger partial charge on any atom is -0.369 e. The fraction of sp³-hybridized carbons (Fsp3) is 0.240. The van der Waals surface area contributed by atoms with Crippen LogP contribution in [0.2, 0.25) is 0 Å². The smallest absolute Gasteiger partial charge is 0.231 e. The quantitative estimate of drug-likeness (QED) is 0.640. The Morgan fingerprint density at radius 3 is 2.10 bits per heavy atom. The maximum absolute atomic E-state index is 12.5. The number of hydrogen-bond donors (Lipinski definition) is 1. The van der Waals surface area contributed by atoms with Crippen molar-refractivity contribution < 1.29 is 9.59 Å². The summed E-state index contributed by atoms with van der Waals surface area (Å²) in [5.41, 5.74) is 13.4. The first kappa shape index (κ1) is 20.5. The normalized spacial score (nSPS) is 11.9. The first-order chi connectivity index (χ1) is 13.7. The molecule has 1 aromatic heterocycles. The lowest BCUT2D eigenvalue weighted by Gasteiger charge is -2.20. The van der Waals surface area contributed by atoms with Crippen LogP contribution in [-0.4, -0.2) is 16.7 Å². The molecule has 0 aliphatic heterocycles. The van der Waals surface area contributed by atoms with E-state index in [1.165, 1.54) is 6.92 Å². The zero-order valence-electron chi connectivity index (χ0n) is 17.5. The van der Waals surface area contributed by atoms with Gasteiger partial charge in [0.2, 0.25) is 5.91 Å². The molecule has 4 nitrogen and oxygen atoms in total. The van der Waals surface area contributed by atoms with Crippen molar-refractivity contribution >= 4 is 11.7 Å². The third-order valence-electron chi connectivity index (χ3n) is 5.34. The fourth-order valence-electron chi connectivity index (χ4n) is 3.92. The molecule has 0 bridgehead atoms. The van der Waals surface area contributed by atoms with E-state index in [1.807, 2.05) is 58.0 Å². The van der Waals surface area contributed by atoms with Crippen molar-refractivity contribution in [2.75, 3.05) is 0 Å². The number of carbonyl (C=O) groups is 2. The van der Waals surface area contributed by atoms with Crippen LogP contribution in [0.1, 0.15) is 56.7 Å². The molecule has 0 saturated heterocycles. The Morgan fingerprint density at radius 1 is 0.897 bits per heavy atom. The van der Waals surface area contributed by atoms with E-state index in [9.17, 15) is 9.59 Å². The van der Waals surface area contributed by atoms with Gasteiger partial charge in [-0.2, -0.15) is 0 Å². The molecule has 0 fully saturated rings. The van der Waals surface area contributed by atoms with E-state index in [2.05, 4.69) is 6.07 Å². The van der Waals surface area contributed by atoms with Crippen LogP contribution >= 0.6 is 0 Å². The molecule has 29 heavy (non-hydrogen) atoms. The van der Waals surface area contributed by atoms with Crippen molar-refractivity contribution in [3.63, 3.8) is 0 Å². The summed E-state index contributed by atoms with van der Waals surface area (Å²) < 4.78 is 0. The van der Waals surface area contributed by atoms with Gasteiger partial charge < -0.3 is 5.73 Å². The molecule has 0 saturated carbocycles. The molecule has 0 radical (unpaired) electrons. The van der Waals surface area contributed by atoms with E-state index in [1.54, 1.807) is 12.1 Å². The summed E-state index contributed by atoms with van der Waals surface area (Å²) in [7, 11) is 0. The van der Waals surface area contributed by atoms with Crippen LogP contribution in [0.25, 0.3) is 11.3 Å². The maximum atomic E-state index is 12.5. The second kappa shape index (κ2) is 8.00. The molecule has 2 N–H and O–H groups in total. The number of hydrogen-bond acceptors (Lipinski definition) is 3. The van der Waals surface area contributed by atoms with Crippen molar-refractivity contribution in [1.82, 2.24) is 4.98 Å². The van der Waals surface area contributed by atoms with Gasteiger partial charge in [0.25, 0.3) is 0 Å². The van der Waals surface area contributed by atoms with E-state index < -0.39 is 11.8 Å². The summed E-state index contributed by atoms with van der Waals surface area (Å²) in [6, 6.07) is 15.4. The minimum atomic E-state index is -0.679. The lowest BCUT2D eigenvalue weighted by atomic mass is 9.86. The van der Waals surface area contributed by atoms with E-state index in [0.717, 1.165) is 33.4 Å². The molecular weight excluding hydrogens is 360 g/mol. The van der Waals surface area contributed by atoms with Crippen LogP contribution in [0.15, 0.2) is 48.5 Å². The van der Waals surface area contributed by atoms with Gasteiger partial charge in [-0.1, -0.05) is 42.0 Å². The number of primary amides is 1. The van der Waals surface area contributed by atoms with E-state index in [0.29, 0.717) is 17.0 Å². The SMILES string of the molecule is CC(=O)c1ccc(C(C(N)=O)c2c(C)cccc2C)nc1-c1ccc(C)cc1C. The van der Waals surface area contributed by atoms with Gasteiger partial charge in [-0.15, -0.1) is 0 Å². The lowest BCUT2D eigenvalue weighted by Crippen LogP contribution is -2.25. The molecule has 148 valence electrons. The minimum absolute atomic E-state index is 0.0678. The molecule has 1 unspecified atom stereocenters. The van der Waals surface area contributed by atoms with Crippen molar-refractivity contribution in [1.29, 1.82) is 0 Å². The summed E-state index contributed by atoms with van der Waals surface area (Å²) in [6.45, 7) is 9.48. The van der Waals surface area contributed by atoms with E-state index in [4.69, 9.17) is 10.7 Å². The number of carbonyl (C=O) groups excluding carboxylic acids is 2. The van der Waals surface area contributed by atoms with Crippen LogP contribution in [0.4, 0.5) is 0 Å². The Balaban J connectivity index is 2.27. The topological polar surface area (TPSA) is 73.1 Å². The van der Waals surface area contributed by atoms with Crippen LogP contribution in [0.3, 0.4) is 0 Å². The molecular formula is C25H26N2O2. The first-order valence-corrected chi connectivity index (χ1v) is 9.65. The summed E-state index contributed by atoms with van der Waals surface area (Å²) in [4.78, 5) is 29.6. The lowest BCUT2D eigenvalue weighted by molar-refractivity contribution is -0.118. The Bertz CT molecular complexity index is 1100. The van der Waals surface area contributed by atoms with Crippen molar-refractivity contribution in [2.45, 2.75) is 40.5 Å². The largest absolute Gasteiger partial charge is 0.369 e. The number of Topliss-reactive ketones (excluding diaryl/α,β-unsaturated/α-hetero) is 1. The summed E-state index contributed by atoms with van der Waals surface area (Å²) in [6.07, 6.45) is 0. The Morgan fingerprint density at radius 2 is 1.55 bits per heavy atom. The number of benzene rings is 2. The van der Waals surface area contributed by atoms with Crippen LogP contribution in [0, 0.1) is 27.7 Å². The predicted octanol–water partition coefficient (Wildman–Crippen LogP) is 4.80. The average Bonchev–Trinajstić information content (AvgIpc) is 2.64. The van der Waals surface area contributed by atoms with Gasteiger partial charge in [0, 0.05) is 11.1 Å². The Labute approximate surface area is 171 Å². The number of pyridine rings is 1. The van der Waals surface area contributed by atoms with Crippen LogP contribution in [0.5, 0.6) is 0 Å². The number of aromatic nitrogens is 1. The standard InChI is InChI=1S/C25H26N2O2/c1-14-9-10-19(17(4)13-14)24-20(18(5)28)11-12-21(27-24)23(25(26)29)22-15(2)7-6-8-16(22)3/h6-13,23H,1-5H3,(H2,26,29). The van der Waals surface area contributed by atoms with Crippen LogP contribution in [-0.2, 0) is 4.79 Å². The summed E-state index contributed by atoms with van der Waals surface area (Å²) in [5.74, 6) is -1.21. The van der Waals surface area contributed by atoms with Crippen molar-refractivity contribution in [2.24, 2.45) is 5.73 Å². The first-order valence-electron chi connectivity index (χ1n) is 9.65. The summed E-state index contributed by atoms with van der Waals surface area (Å²) in [5, 5.41) is 0. The molecule has 0 spiro atoms. The number of nitrogens with two attached hydrogens (primary N) is 1. The van der Waals surface area contributed by atoms with Gasteiger partial charge in [-0.05, 0) is 69.0 Å². The number of aryl methyl sites for hydroxylation is 4. The van der Waals surface area contributed by atoms with Crippen molar-refractivity contribution in [3.05, 3.63) is 87.6 Å². The van der Waals surface area contributed by atoms with E-state index in [-0.39, 0.29) is 5.78 Å². The Kier molecular flexibility index (Phi) is 5.64. The monoisotopic (exact) mass is 386 g/mol. The van der Waals surface area contributed by atoms with E-state index >= 15 is 0 Å². The fourth-order valence-corrected chi connectivity index (χ4v) is 3.92. The molecule has 0 aliphatic carbocycles. The molecule has 2 aromatic carbocycles. The molecule has 3 rings (SSSR count). The zero-order chi connectivity index (χ0) is 21.3. The van der Waals surface area contributed by atoms with Crippen molar-refractivity contribution in [3.8, 4) is 11.3 Å². The van der Waals surface area contributed by atoms with Gasteiger partial charge in [-0.3, -0.25) is 14.6 Å². The Hall–Kier alpha value is -3.27. The zero-order valence-corrected chi connectivity index (χ0v) is 17.5. The summed E-state index contributed by atoms with van der Waals surface area (Å²) >= 11 is 0. The second-order valence-electron chi connectivity index (χ2n) is 7.65. The highest BCUT2D eigenvalue weighted by Gasteiger charge is 2.26. The molecule has 4 heteroatoms. The highest BCUT2D eigenvalue weighted by Crippen LogP contribution is 2.33. The van der Waals surface area contributed by atoms with Gasteiger partial charge in [0.1, 0.15) is 5.92 Å². The molecule has 3 aromatic rings. The number of nitrogens with zero attached hydrogens (tertiary/aromatic N) is 1. The highest BCUT2D eigenvalue weighted by molar-refractivity contribution is 6.00. The van der Waals surface area contributed by atoms with Gasteiger partial charge >= 0.3 is 0 Å².